The van der Waals surface area contributed by atoms with E-state index in [2.05, 4.69) is 16.0 Å². The lowest BCUT2D eigenvalue weighted by molar-refractivity contribution is -0.316. The summed E-state index contributed by atoms with van der Waals surface area (Å²) in [6.45, 7) is 0.394. The lowest BCUT2D eigenvalue weighted by Gasteiger charge is -2.47. The van der Waals surface area contributed by atoms with E-state index in [0.717, 1.165) is 0 Å². The molecule has 3 rings (SSSR count). The van der Waals surface area contributed by atoms with Crippen LogP contribution < -0.4 is 33.2 Å². The summed E-state index contributed by atoms with van der Waals surface area (Å²) in [7, 11) is 1.46. The highest BCUT2D eigenvalue weighted by Gasteiger charge is 2.60. The van der Waals surface area contributed by atoms with Gasteiger partial charge in [0.2, 0.25) is 0 Å². The zero-order chi connectivity index (χ0) is 30.1. The molecule has 0 aromatic heterocycles. The van der Waals surface area contributed by atoms with Crippen LogP contribution >= 0.6 is 0 Å². The zero-order valence-corrected chi connectivity index (χ0v) is 22.0. The highest BCUT2D eigenvalue weighted by Crippen LogP contribution is 2.38. The van der Waals surface area contributed by atoms with Crippen molar-refractivity contribution in [2.75, 3.05) is 20.2 Å². The summed E-state index contributed by atoms with van der Waals surface area (Å²) in [6.07, 6.45) is -16.3. The third kappa shape index (κ3) is 6.11. The Hall–Kier alpha value is -1.98. The number of hydrogen-bond acceptors (Lipinski definition) is 15. The summed E-state index contributed by atoms with van der Waals surface area (Å²) in [4.78, 5) is 0. The van der Waals surface area contributed by atoms with E-state index >= 15 is 0 Å². The summed E-state index contributed by atoms with van der Waals surface area (Å²) in [6, 6.07) is -3.78. The van der Waals surface area contributed by atoms with Gasteiger partial charge in [-0.3, -0.25) is 10.8 Å². The third-order valence-corrected chi connectivity index (χ3v) is 7.68. The Kier molecular flexibility index (Phi) is 10.5. The van der Waals surface area contributed by atoms with E-state index in [1.54, 1.807) is 0 Å². The van der Waals surface area contributed by atoms with Crippen molar-refractivity contribution in [1.82, 2.24) is 16.0 Å². The molecule has 2 saturated heterocycles. The molecule has 0 radical (unpaired) electrons. The molecule has 3 aliphatic rings. The van der Waals surface area contributed by atoms with Gasteiger partial charge in [0.25, 0.3) is 0 Å². The summed E-state index contributed by atoms with van der Waals surface area (Å²) < 4.78 is 23.4. The van der Waals surface area contributed by atoms with Crippen LogP contribution in [0, 0.1) is 10.8 Å². The van der Waals surface area contributed by atoms with Gasteiger partial charge in [0.1, 0.15) is 48.3 Å². The fourth-order valence-corrected chi connectivity index (χ4v) is 5.33. The Morgan fingerprint density at radius 1 is 0.850 bits per heavy atom. The van der Waals surface area contributed by atoms with Crippen LogP contribution in [0.1, 0.15) is 6.92 Å². The van der Waals surface area contributed by atoms with Crippen LogP contribution in [0.5, 0.6) is 0 Å². The van der Waals surface area contributed by atoms with Crippen LogP contribution in [0.25, 0.3) is 0 Å². The summed E-state index contributed by atoms with van der Waals surface area (Å²) in [5.74, 6) is -1.23. The standard InChI is InChI=1S/C21H42N8O11/c1-5-21(36,4-22)16(40-17-9(27-2)13(34)10(31)6(3-30)38-17)18(37-5)39-15-8(29-20(25)26)11(32)7(28-19(23)24)12(33)14(15)35/h5-18,27,30-36H,3-4,22H2,1-2H3,(H4,23,24,28)(H4,25,26,29)/t5?,6?,7?,8?,9?,10?,11?,12?,13?,14?,15?,16-,17?,18?,21?/m1/s1. The van der Waals surface area contributed by atoms with E-state index in [0.29, 0.717) is 0 Å². The van der Waals surface area contributed by atoms with Gasteiger partial charge in [-0.25, -0.2) is 0 Å². The SMILES string of the molecule is CNC1C(O[C@@H]2C(OC3C(O)C(O)C(NC(=N)N)C(O)C3NC(=N)N)OC(C)C2(O)CN)OC(CO)C(O)C1O. The molecule has 0 spiro atoms. The van der Waals surface area contributed by atoms with E-state index in [4.69, 9.17) is 47.0 Å². The molecule has 15 atom stereocenters. The average molecular weight is 583 g/mol. The van der Waals surface area contributed by atoms with Gasteiger partial charge in [-0.2, -0.15) is 0 Å². The average Bonchev–Trinajstić information content (AvgIpc) is 3.13. The van der Waals surface area contributed by atoms with Crippen LogP contribution in [0.15, 0.2) is 0 Å². The Bertz CT molecular complexity index is 894. The van der Waals surface area contributed by atoms with Crippen molar-refractivity contribution >= 4 is 11.9 Å². The minimum absolute atomic E-state index is 0.414. The molecule has 0 aromatic carbocycles. The van der Waals surface area contributed by atoms with Crippen molar-refractivity contribution in [3.8, 4) is 0 Å². The first-order chi connectivity index (χ1) is 18.7. The molecule has 2 aliphatic heterocycles. The molecule has 0 amide bonds. The van der Waals surface area contributed by atoms with Gasteiger partial charge in [0.05, 0.1) is 36.9 Å². The van der Waals surface area contributed by atoms with Crippen molar-refractivity contribution < 1.29 is 54.7 Å². The second-order valence-corrected chi connectivity index (χ2v) is 10.2. The molecule has 40 heavy (non-hydrogen) atoms. The number of nitrogens with two attached hydrogens (primary N) is 3. The number of hydrogen-bond donors (Lipinski definition) is 15. The van der Waals surface area contributed by atoms with Crippen LogP contribution in [0.3, 0.4) is 0 Å². The number of nitrogens with one attached hydrogen (secondary N) is 5. The van der Waals surface area contributed by atoms with E-state index in [9.17, 15) is 35.7 Å². The predicted octanol–water partition coefficient (Wildman–Crippen LogP) is -7.98. The van der Waals surface area contributed by atoms with Crippen LogP contribution in [-0.2, 0) is 18.9 Å². The first-order valence-corrected chi connectivity index (χ1v) is 12.7. The smallest absolute Gasteiger partial charge is 0.187 e. The van der Waals surface area contributed by atoms with Gasteiger partial charge in [-0.1, -0.05) is 0 Å². The minimum atomic E-state index is -1.93. The molecule has 0 aromatic rings. The van der Waals surface area contributed by atoms with Crippen molar-refractivity contribution in [1.29, 1.82) is 10.8 Å². The van der Waals surface area contributed by atoms with E-state index in [1.165, 1.54) is 14.0 Å². The number of aliphatic hydroxyl groups excluding tert-OH is 6. The first kappa shape index (κ1) is 32.5. The number of rotatable bonds is 9. The molecular weight excluding hydrogens is 540 g/mol. The molecule has 14 unspecified atom stereocenters. The molecule has 2 heterocycles. The molecule has 19 nitrogen and oxygen atoms in total. The lowest BCUT2D eigenvalue weighted by Crippen LogP contribution is -2.73. The lowest BCUT2D eigenvalue weighted by atomic mass is 9.81. The van der Waals surface area contributed by atoms with E-state index in [1.807, 2.05) is 0 Å². The van der Waals surface area contributed by atoms with Crippen molar-refractivity contribution in [3.63, 3.8) is 0 Å². The Morgan fingerprint density at radius 2 is 1.43 bits per heavy atom. The Balaban J connectivity index is 1.93. The van der Waals surface area contributed by atoms with Gasteiger partial charge < -0.3 is 87.8 Å². The highest BCUT2D eigenvalue weighted by molar-refractivity contribution is 5.75. The van der Waals surface area contributed by atoms with Gasteiger partial charge in [-0.05, 0) is 14.0 Å². The number of ether oxygens (including phenoxy) is 4. The molecule has 18 N–H and O–H groups in total. The van der Waals surface area contributed by atoms with Gasteiger partial charge >= 0.3 is 0 Å². The third-order valence-electron chi connectivity index (χ3n) is 7.68. The van der Waals surface area contributed by atoms with Crippen LogP contribution in [0.4, 0.5) is 0 Å². The summed E-state index contributed by atoms with van der Waals surface area (Å²) >= 11 is 0. The normalized spacial score (nSPS) is 47.5. The number of likely N-dealkylation sites (N-methyl/N-ethyl adjacent to an activating group) is 1. The van der Waals surface area contributed by atoms with Crippen LogP contribution in [-0.4, -0.2) is 159 Å². The summed E-state index contributed by atoms with van der Waals surface area (Å²) in [5.41, 5.74) is 14.8. The van der Waals surface area contributed by atoms with Crippen molar-refractivity contribution in [2.45, 2.75) is 98.2 Å². The fraction of sp³-hybridized carbons (Fsp3) is 0.905. The van der Waals surface area contributed by atoms with Gasteiger partial charge in [-0.15, -0.1) is 0 Å². The minimum Gasteiger partial charge on any atom is -0.394 e. The molecular formula is C21H42N8O11. The Labute approximate surface area is 229 Å². The molecule has 0 bridgehead atoms. The summed E-state index contributed by atoms with van der Waals surface area (Å²) in [5, 5.41) is 97.0. The highest BCUT2D eigenvalue weighted by atomic mass is 16.8. The molecule has 1 aliphatic carbocycles. The first-order valence-electron chi connectivity index (χ1n) is 12.7. The van der Waals surface area contributed by atoms with Gasteiger partial charge in [0, 0.05) is 6.54 Å². The zero-order valence-electron chi connectivity index (χ0n) is 22.0. The number of aliphatic hydroxyl groups is 7. The molecule has 1 saturated carbocycles. The van der Waals surface area contributed by atoms with Crippen LogP contribution in [0.2, 0.25) is 0 Å². The van der Waals surface area contributed by atoms with E-state index in [-0.39, 0.29) is 0 Å². The molecule has 3 fully saturated rings. The maximum absolute atomic E-state index is 11.4. The van der Waals surface area contributed by atoms with Crippen molar-refractivity contribution in [3.05, 3.63) is 0 Å². The monoisotopic (exact) mass is 582 g/mol. The van der Waals surface area contributed by atoms with E-state index < -0.39 is 116 Å². The predicted molar refractivity (Wildman–Crippen MR) is 134 cm³/mol. The largest absolute Gasteiger partial charge is 0.394 e. The number of guanidine groups is 2. The second-order valence-electron chi connectivity index (χ2n) is 10.2. The Morgan fingerprint density at radius 3 is 1.95 bits per heavy atom. The maximum Gasteiger partial charge on any atom is 0.187 e. The maximum atomic E-state index is 11.4. The molecule has 19 heteroatoms. The topological polar surface area (TPSA) is 340 Å². The second kappa shape index (κ2) is 12.9. The fourth-order valence-electron chi connectivity index (χ4n) is 5.33. The van der Waals surface area contributed by atoms with Crippen molar-refractivity contribution in [2.24, 2.45) is 17.2 Å². The quantitative estimate of drug-likeness (QED) is 0.0885. The van der Waals surface area contributed by atoms with Gasteiger partial charge in [0.15, 0.2) is 24.5 Å². The molecule has 232 valence electrons.